The van der Waals surface area contributed by atoms with Gasteiger partial charge in [0.05, 0.1) is 5.60 Å². The van der Waals surface area contributed by atoms with E-state index in [2.05, 4.69) is 34.6 Å². The fourth-order valence-electron chi connectivity index (χ4n) is 5.00. The Bertz CT molecular complexity index is 431. The van der Waals surface area contributed by atoms with Crippen LogP contribution in [0.5, 0.6) is 0 Å². The topological polar surface area (TPSA) is 66.8 Å². The zero-order chi connectivity index (χ0) is 23.6. The van der Waals surface area contributed by atoms with Crippen LogP contribution in [0.2, 0.25) is 0 Å². The van der Waals surface area contributed by atoms with Gasteiger partial charge in [0.25, 0.3) is 0 Å². The predicted molar refractivity (Wildman–Crippen MR) is 134 cm³/mol. The van der Waals surface area contributed by atoms with Crippen molar-refractivity contribution in [3.63, 3.8) is 0 Å². The van der Waals surface area contributed by atoms with Crippen LogP contribution < -0.4 is 0 Å². The first-order chi connectivity index (χ1) is 14.8. The van der Waals surface area contributed by atoms with Gasteiger partial charge in [-0.15, -0.1) is 0 Å². The fourth-order valence-corrected chi connectivity index (χ4v) is 5.75. The van der Waals surface area contributed by atoms with Gasteiger partial charge in [0, 0.05) is 0 Å². The molecular weight excluding hydrogens is 407 g/mol. The standard InChI is InChI=1S/C26H55O4P/c1-6-11-14-15-16-17-18-21-26(30-31(27,28)29,22-24(9-4)19-12-7-2)23-25(10-5)20-13-8-3/h24-25H,6-23H2,1-5H3,(H2,27,28,29). The van der Waals surface area contributed by atoms with Crippen molar-refractivity contribution in [2.24, 2.45) is 11.8 Å². The van der Waals surface area contributed by atoms with Crippen LogP contribution in [0.3, 0.4) is 0 Å². The average Bonchev–Trinajstić information content (AvgIpc) is 2.72. The van der Waals surface area contributed by atoms with Gasteiger partial charge in [-0.25, -0.2) is 4.57 Å². The van der Waals surface area contributed by atoms with Crippen molar-refractivity contribution in [3.05, 3.63) is 0 Å². The van der Waals surface area contributed by atoms with Gasteiger partial charge < -0.3 is 9.79 Å². The van der Waals surface area contributed by atoms with Gasteiger partial charge in [0.2, 0.25) is 0 Å². The zero-order valence-corrected chi connectivity index (χ0v) is 22.4. The third-order valence-corrected chi connectivity index (χ3v) is 7.58. The van der Waals surface area contributed by atoms with Crippen LogP contribution in [0.1, 0.15) is 150 Å². The largest absolute Gasteiger partial charge is 0.470 e. The molecule has 0 spiro atoms. The summed E-state index contributed by atoms with van der Waals surface area (Å²) in [5.74, 6) is 0.944. The van der Waals surface area contributed by atoms with Gasteiger partial charge in [0.1, 0.15) is 0 Å². The molecule has 0 aromatic carbocycles. The lowest BCUT2D eigenvalue weighted by molar-refractivity contribution is -0.0187. The van der Waals surface area contributed by atoms with Gasteiger partial charge in [-0.1, -0.05) is 131 Å². The molecule has 0 aromatic heterocycles. The SMILES string of the molecule is CCCCCCCCCC(CC(CC)CCCC)(CC(CC)CCCC)OP(=O)(O)O. The third kappa shape index (κ3) is 16.4. The molecule has 0 radical (unpaired) electrons. The summed E-state index contributed by atoms with van der Waals surface area (Å²) in [5.41, 5.74) is -0.689. The molecule has 0 aromatic rings. The molecule has 0 rings (SSSR count). The van der Waals surface area contributed by atoms with E-state index in [1.54, 1.807) is 0 Å². The lowest BCUT2D eigenvalue weighted by Crippen LogP contribution is -2.37. The average molecular weight is 463 g/mol. The van der Waals surface area contributed by atoms with Gasteiger partial charge in [-0.2, -0.15) is 0 Å². The van der Waals surface area contributed by atoms with E-state index < -0.39 is 13.4 Å². The highest BCUT2D eigenvalue weighted by Gasteiger charge is 2.40. The maximum Gasteiger partial charge on any atom is 0.470 e. The monoisotopic (exact) mass is 462 g/mol. The maximum atomic E-state index is 12.1. The third-order valence-electron chi connectivity index (χ3n) is 6.96. The highest BCUT2D eigenvalue weighted by molar-refractivity contribution is 7.46. The van der Waals surface area contributed by atoms with E-state index in [9.17, 15) is 14.4 Å². The van der Waals surface area contributed by atoms with Gasteiger partial charge in [0.15, 0.2) is 0 Å². The molecule has 2 N–H and O–H groups in total. The number of unbranched alkanes of at least 4 members (excludes halogenated alkanes) is 8. The fraction of sp³-hybridized carbons (Fsp3) is 1.00. The van der Waals surface area contributed by atoms with E-state index >= 15 is 0 Å². The molecule has 0 aliphatic rings. The van der Waals surface area contributed by atoms with Crippen molar-refractivity contribution >= 4 is 7.82 Å². The Morgan fingerprint density at radius 1 is 0.677 bits per heavy atom. The normalized spacial score (nSPS) is 16.2. The Kier molecular flexibility index (Phi) is 18.6. The van der Waals surface area contributed by atoms with Crippen molar-refractivity contribution in [1.82, 2.24) is 0 Å². The van der Waals surface area contributed by atoms with Crippen LogP contribution in [0.25, 0.3) is 0 Å². The first kappa shape index (κ1) is 31.1. The van der Waals surface area contributed by atoms with Crippen LogP contribution in [0.15, 0.2) is 0 Å². The van der Waals surface area contributed by atoms with E-state index in [4.69, 9.17) is 4.52 Å². The summed E-state index contributed by atoms with van der Waals surface area (Å²) >= 11 is 0. The van der Waals surface area contributed by atoms with Crippen molar-refractivity contribution in [3.8, 4) is 0 Å². The lowest BCUT2D eigenvalue weighted by atomic mass is 9.76. The second-order valence-electron chi connectivity index (χ2n) is 9.88. The quantitative estimate of drug-likeness (QED) is 0.124. The Morgan fingerprint density at radius 3 is 1.48 bits per heavy atom. The predicted octanol–water partition coefficient (Wildman–Crippen LogP) is 9.19. The Labute approximate surface area is 194 Å². The van der Waals surface area contributed by atoms with E-state index in [1.807, 2.05) is 0 Å². The summed E-state index contributed by atoms with van der Waals surface area (Å²) in [5, 5.41) is 0. The van der Waals surface area contributed by atoms with E-state index in [0.717, 1.165) is 70.6 Å². The van der Waals surface area contributed by atoms with Gasteiger partial charge in [-0.05, 0) is 31.1 Å². The number of hydrogen-bond acceptors (Lipinski definition) is 2. The summed E-state index contributed by atoms with van der Waals surface area (Å²) in [4.78, 5) is 19.7. The summed E-state index contributed by atoms with van der Waals surface area (Å²) < 4.78 is 17.9. The summed E-state index contributed by atoms with van der Waals surface area (Å²) in [7, 11) is -4.54. The Morgan fingerprint density at radius 2 is 1.10 bits per heavy atom. The smallest absolute Gasteiger partial charge is 0.303 e. The molecule has 188 valence electrons. The van der Waals surface area contributed by atoms with Crippen molar-refractivity contribution < 1.29 is 18.9 Å². The van der Waals surface area contributed by atoms with Crippen molar-refractivity contribution in [1.29, 1.82) is 0 Å². The number of hydrogen-bond donors (Lipinski definition) is 2. The van der Waals surface area contributed by atoms with E-state index in [0.29, 0.717) is 11.8 Å². The van der Waals surface area contributed by atoms with Gasteiger partial charge in [-0.3, -0.25) is 4.52 Å². The highest BCUT2D eigenvalue weighted by Crippen LogP contribution is 2.49. The maximum absolute atomic E-state index is 12.1. The van der Waals surface area contributed by atoms with Crippen LogP contribution in [-0.4, -0.2) is 15.4 Å². The Balaban J connectivity index is 5.42. The zero-order valence-electron chi connectivity index (χ0n) is 21.5. The summed E-state index contributed by atoms with van der Waals surface area (Å²) in [6.07, 6.45) is 19.8. The molecule has 5 heteroatoms. The number of rotatable bonds is 22. The number of phosphoric ester groups is 1. The molecule has 0 bridgehead atoms. The van der Waals surface area contributed by atoms with Crippen molar-refractivity contribution in [2.75, 3.05) is 0 Å². The molecule has 4 nitrogen and oxygen atoms in total. The Hall–Kier alpha value is 0.110. The molecule has 0 amide bonds. The molecule has 31 heavy (non-hydrogen) atoms. The minimum absolute atomic E-state index is 0.472. The molecule has 0 heterocycles. The molecule has 0 aliphatic heterocycles. The van der Waals surface area contributed by atoms with Crippen LogP contribution >= 0.6 is 7.82 Å². The van der Waals surface area contributed by atoms with Crippen LogP contribution in [-0.2, 0) is 9.09 Å². The molecule has 0 saturated heterocycles. The first-order valence-corrected chi connectivity index (χ1v) is 15.0. The van der Waals surface area contributed by atoms with E-state index in [-0.39, 0.29) is 0 Å². The first-order valence-electron chi connectivity index (χ1n) is 13.5. The molecule has 0 fully saturated rings. The minimum Gasteiger partial charge on any atom is -0.303 e. The molecule has 2 unspecified atom stereocenters. The van der Waals surface area contributed by atoms with Crippen molar-refractivity contribution in [2.45, 2.75) is 156 Å². The van der Waals surface area contributed by atoms with Crippen LogP contribution in [0, 0.1) is 11.8 Å². The minimum atomic E-state index is -4.54. The lowest BCUT2D eigenvalue weighted by Gasteiger charge is -2.39. The highest BCUT2D eigenvalue weighted by atomic mass is 31.2. The number of phosphoric acid groups is 1. The molecule has 2 atom stereocenters. The second kappa shape index (κ2) is 18.5. The van der Waals surface area contributed by atoms with Gasteiger partial charge >= 0.3 is 7.82 Å². The molecular formula is C26H55O4P. The van der Waals surface area contributed by atoms with Crippen LogP contribution in [0.4, 0.5) is 0 Å². The van der Waals surface area contributed by atoms with E-state index in [1.165, 1.54) is 44.9 Å². The molecule has 0 aliphatic carbocycles. The summed E-state index contributed by atoms with van der Waals surface area (Å²) in [6, 6.07) is 0. The molecule has 0 saturated carbocycles. The second-order valence-corrected chi connectivity index (χ2v) is 11.0. The summed E-state index contributed by atoms with van der Waals surface area (Å²) in [6.45, 7) is 11.1.